The highest BCUT2D eigenvalue weighted by molar-refractivity contribution is 5.76. The average molecular weight is 244 g/mol. The summed E-state index contributed by atoms with van der Waals surface area (Å²) in [4.78, 5) is 0. The molecule has 0 spiro atoms. The number of benzene rings is 2. The first kappa shape index (κ1) is 12.3. The van der Waals surface area contributed by atoms with Crippen LogP contribution < -0.4 is 0 Å². The van der Waals surface area contributed by atoms with Crippen LogP contribution in [0.25, 0.3) is 11.1 Å². The summed E-state index contributed by atoms with van der Waals surface area (Å²) in [5, 5.41) is 29.3. The quantitative estimate of drug-likeness (QED) is 0.532. The molecule has 2 aromatic carbocycles. The largest absolute Gasteiger partial charge is 0.507 e. The van der Waals surface area contributed by atoms with E-state index in [1.54, 1.807) is 6.92 Å². The van der Waals surface area contributed by atoms with Gasteiger partial charge in [0.1, 0.15) is 5.75 Å². The van der Waals surface area contributed by atoms with E-state index in [-0.39, 0.29) is 22.8 Å². The van der Waals surface area contributed by atoms with Gasteiger partial charge in [0.25, 0.3) is 0 Å². The first-order valence-corrected chi connectivity index (χ1v) is 5.73. The molecule has 2 aromatic rings. The lowest BCUT2D eigenvalue weighted by Gasteiger charge is -2.12. The fourth-order valence-electron chi connectivity index (χ4n) is 2.13. The Labute approximate surface area is 106 Å². The fraction of sp³-hybridized carbons (Fsp3) is 0.200. The predicted octanol–water partition coefficient (Wildman–Crippen LogP) is 3.40. The molecule has 3 N–H and O–H groups in total. The number of phenols is 3. The first-order chi connectivity index (χ1) is 8.40. The molecule has 0 aliphatic carbocycles. The summed E-state index contributed by atoms with van der Waals surface area (Å²) in [5.41, 5.74) is 3.78. The van der Waals surface area contributed by atoms with Gasteiger partial charge in [-0.25, -0.2) is 0 Å². The summed E-state index contributed by atoms with van der Waals surface area (Å²) >= 11 is 0. The Hall–Kier alpha value is -2.16. The van der Waals surface area contributed by atoms with Gasteiger partial charge < -0.3 is 15.3 Å². The van der Waals surface area contributed by atoms with Crippen molar-refractivity contribution in [1.29, 1.82) is 0 Å². The Kier molecular flexibility index (Phi) is 2.91. The van der Waals surface area contributed by atoms with Gasteiger partial charge in [-0.3, -0.25) is 0 Å². The van der Waals surface area contributed by atoms with Gasteiger partial charge in [-0.1, -0.05) is 29.3 Å². The standard InChI is InChI=1S/C15H16O3/c1-8-4-9(2)6-11(5-8)12-7-13(16)15(18)10(3)14(12)17/h4-7,16-18H,1-3H3. The maximum Gasteiger partial charge on any atom is 0.164 e. The molecule has 0 radical (unpaired) electrons. The summed E-state index contributed by atoms with van der Waals surface area (Å²) in [7, 11) is 0. The van der Waals surface area contributed by atoms with E-state index >= 15 is 0 Å². The van der Waals surface area contributed by atoms with Crippen molar-refractivity contribution in [3.63, 3.8) is 0 Å². The van der Waals surface area contributed by atoms with Crippen molar-refractivity contribution in [2.24, 2.45) is 0 Å². The molecule has 3 nitrogen and oxygen atoms in total. The lowest BCUT2D eigenvalue weighted by Crippen LogP contribution is -1.87. The molecule has 0 fully saturated rings. The molecule has 0 heterocycles. The average Bonchev–Trinajstić information content (AvgIpc) is 2.30. The van der Waals surface area contributed by atoms with Crippen LogP contribution in [0.4, 0.5) is 0 Å². The molecule has 0 aliphatic heterocycles. The van der Waals surface area contributed by atoms with Crippen LogP contribution in [0.1, 0.15) is 16.7 Å². The van der Waals surface area contributed by atoms with E-state index in [4.69, 9.17) is 0 Å². The molecule has 0 amide bonds. The van der Waals surface area contributed by atoms with Crippen LogP contribution in [-0.2, 0) is 0 Å². The van der Waals surface area contributed by atoms with Crippen molar-refractivity contribution < 1.29 is 15.3 Å². The monoisotopic (exact) mass is 244 g/mol. The Morgan fingerprint density at radius 3 is 1.83 bits per heavy atom. The van der Waals surface area contributed by atoms with Crippen LogP contribution in [-0.4, -0.2) is 15.3 Å². The summed E-state index contributed by atoms with van der Waals surface area (Å²) in [6, 6.07) is 7.27. The van der Waals surface area contributed by atoms with Gasteiger partial charge in [0, 0.05) is 11.1 Å². The highest BCUT2D eigenvalue weighted by Crippen LogP contribution is 2.42. The van der Waals surface area contributed by atoms with Crippen LogP contribution in [0.5, 0.6) is 17.2 Å². The highest BCUT2D eigenvalue weighted by atomic mass is 16.3. The lowest BCUT2D eigenvalue weighted by atomic mass is 9.97. The molecular weight excluding hydrogens is 228 g/mol. The van der Waals surface area contributed by atoms with E-state index < -0.39 is 0 Å². The molecule has 18 heavy (non-hydrogen) atoms. The van der Waals surface area contributed by atoms with E-state index in [0.717, 1.165) is 16.7 Å². The number of hydrogen-bond acceptors (Lipinski definition) is 3. The van der Waals surface area contributed by atoms with Crippen molar-refractivity contribution >= 4 is 0 Å². The molecule has 94 valence electrons. The topological polar surface area (TPSA) is 60.7 Å². The summed E-state index contributed by atoms with van der Waals surface area (Å²) < 4.78 is 0. The van der Waals surface area contributed by atoms with Crippen LogP contribution in [0, 0.1) is 20.8 Å². The van der Waals surface area contributed by atoms with Crippen LogP contribution in [0.3, 0.4) is 0 Å². The zero-order valence-electron chi connectivity index (χ0n) is 10.7. The highest BCUT2D eigenvalue weighted by Gasteiger charge is 2.15. The van der Waals surface area contributed by atoms with E-state index in [2.05, 4.69) is 0 Å². The molecule has 0 aliphatic rings. The van der Waals surface area contributed by atoms with Crippen molar-refractivity contribution in [2.45, 2.75) is 20.8 Å². The van der Waals surface area contributed by atoms with E-state index in [0.29, 0.717) is 5.56 Å². The minimum absolute atomic E-state index is 0.00435. The Bertz CT molecular complexity index is 595. The third-order valence-corrected chi connectivity index (χ3v) is 3.02. The third kappa shape index (κ3) is 1.99. The lowest BCUT2D eigenvalue weighted by molar-refractivity contribution is 0.393. The van der Waals surface area contributed by atoms with Gasteiger partial charge in [-0.2, -0.15) is 0 Å². The van der Waals surface area contributed by atoms with Gasteiger partial charge in [0.15, 0.2) is 11.5 Å². The molecule has 0 bridgehead atoms. The zero-order valence-corrected chi connectivity index (χ0v) is 10.7. The maximum absolute atomic E-state index is 10.1. The predicted molar refractivity (Wildman–Crippen MR) is 71.1 cm³/mol. The Morgan fingerprint density at radius 2 is 1.28 bits per heavy atom. The zero-order chi connectivity index (χ0) is 13.4. The summed E-state index contributed by atoms with van der Waals surface area (Å²) in [6.45, 7) is 5.51. The minimum Gasteiger partial charge on any atom is -0.507 e. The summed E-state index contributed by atoms with van der Waals surface area (Å²) in [5.74, 6) is -0.504. The number of rotatable bonds is 1. The molecule has 0 saturated heterocycles. The van der Waals surface area contributed by atoms with Crippen molar-refractivity contribution in [1.82, 2.24) is 0 Å². The smallest absolute Gasteiger partial charge is 0.164 e. The maximum atomic E-state index is 10.1. The number of hydrogen-bond donors (Lipinski definition) is 3. The minimum atomic E-state index is -0.277. The first-order valence-electron chi connectivity index (χ1n) is 5.73. The van der Waals surface area contributed by atoms with Crippen molar-refractivity contribution in [3.05, 3.63) is 41.0 Å². The van der Waals surface area contributed by atoms with Gasteiger partial charge in [-0.05, 0) is 32.4 Å². The third-order valence-electron chi connectivity index (χ3n) is 3.02. The van der Waals surface area contributed by atoms with Gasteiger partial charge in [0.2, 0.25) is 0 Å². The second kappa shape index (κ2) is 4.26. The molecular formula is C15H16O3. The second-order valence-electron chi connectivity index (χ2n) is 4.64. The number of aryl methyl sites for hydroxylation is 2. The molecule has 0 saturated carbocycles. The normalized spacial score (nSPS) is 10.6. The Balaban J connectivity index is 2.71. The SMILES string of the molecule is Cc1cc(C)cc(-c2cc(O)c(O)c(C)c2O)c1. The molecule has 0 unspecified atom stereocenters. The molecule has 2 rings (SSSR count). The van der Waals surface area contributed by atoms with E-state index in [1.807, 2.05) is 32.0 Å². The van der Waals surface area contributed by atoms with Crippen molar-refractivity contribution in [3.8, 4) is 28.4 Å². The fourth-order valence-corrected chi connectivity index (χ4v) is 2.13. The summed E-state index contributed by atoms with van der Waals surface area (Å²) in [6.07, 6.45) is 0. The molecule has 0 aromatic heterocycles. The van der Waals surface area contributed by atoms with Crippen LogP contribution in [0.15, 0.2) is 24.3 Å². The van der Waals surface area contributed by atoms with E-state index in [1.165, 1.54) is 6.07 Å². The van der Waals surface area contributed by atoms with Crippen LogP contribution in [0.2, 0.25) is 0 Å². The van der Waals surface area contributed by atoms with Gasteiger partial charge in [0.05, 0.1) is 0 Å². The van der Waals surface area contributed by atoms with Gasteiger partial charge in [-0.15, -0.1) is 0 Å². The second-order valence-corrected chi connectivity index (χ2v) is 4.64. The van der Waals surface area contributed by atoms with Gasteiger partial charge >= 0.3 is 0 Å². The number of aromatic hydroxyl groups is 3. The molecule has 3 heteroatoms. The number of phenolic OH excluding ortho intramolecular Hbond substituents is 3. The van der Waals surface area contributed by atoms with Crippen LogP contribution >= 0.6 is 0 Å². The molecule has 0 atom stereocenters. The Morgan fingerprint density at radius 1 is 0.722 bits per heavy atom. The van der Waals surface area contributed by atoms with E-state index in [9.17, 15) is 15.3 Å². The van der Waals surface area contributed by atoms with Crippen molar-refractivity contribution in [2.75, 3.05) is 0 Å².